The van der Waals surface area contributed by atoms with Crippen LogP contribution in [0.3, 0.4) is 0 Å². The maximum absolute atomic E-state index is 14.4. The van der Waals surface area contributed by atoms with Crippen LogP contribution < -0.4 is 5.32 Å². The Morgan fingerprint density at radius 3 is 2.70 bits per heavy atom. The predicted octanol–water partition coefficient (Wildman–Crippen LogP) is 1.18. The standard InChI is InChI=1S/C18H20F2N6O3S/c1-10-11(19)3-4-13(22-10)15-7-12(20)16-8-21-18(24-26(15)16)23-14-5-6-25(9-17(14)27)30(2,28)29/h3-4,7-8,14,17,27H,5-6,9H2,1-2H3,(H,23,24)/t14-,17-/m1/s1. The molecular formula is C18H20F2N6O3S. The first-order valence-electron chi connectivity index (χ1n) is 9.21. The molecule has 1 aliphatic rings. The zero-order valence-electron chi connectivity index (χ0n) is 16.2. The summed E-state index contributed by atoms with van der Waals surface area (Å²) in [6, 6.07) is 3.45. The Labute approximate surface area is 171 Å². The first kappa shape index (κ1) is 20.6. The maximum Gasteiger partial charge on any atom is 0.241 e. The summed E-state index contributed by atoms with van der Waals surface area (Å²) >= 11 is 0. The second-order valence-electron chi connectivity index (χ2n) is 7.25. The largest absolute Gasteiger partial charge is 0.390 e. The van der Waals surface area contributed by atoms with Gasteiger partial charge in [-0.25, -0.2) is 31.7 Å². The van der Waals surface area contributed by atoms with E-state index in [0.29, 0.717) is 17.8 Å². The van der Waals surface area contributed by atoms with Crippen LogP contribution in [0.15, 0.2) is 24.4 Å². The van der Waals surface area contributed by atoms with Gasteiger partial charge in [0, 0.05) is 19.2 Å². The van der Waals surface area contributed by atoms with Crippen LogP contribution in [0.5, 0.6) is 0 Å². The van der Waals surface area contributed by atoms with Crippen LogP contribution in [0.1, 0.15) is 12.1 Å². The Morgan fingerprint density at radius 2 is 2.03 bits per heavy atom. The van der Waals surface area contributed by atoms with Crippen LogP contribution in [0.25, 0.3) is 16.9 Å². The molecule has 0 amide bonds. The molecule has 0 unspecified atom stereocenters. The van der Waals surface area contributed by atoms with E-state index < -0.39 is 33.8 Å². The maximum atomic E-state index is 14.4. The lowest BCUT2D eigenvalue weighted by molar-refractivity contribution is 0.0950. The molecule has 30 heavy (non-hydrogen) atoms. The highest BCUT2D eigenvalue weighted by Crippen LogP contribution is 2.25. The summed E-state index contributed by atoms with van der Waals surface area (Å²) in [7, 11) is -3.39. The molecule has 2 atom stereocenters. The minimum Gasteiger partial charge on any atom is -0.390 e. The molecule has 0 aromatic carbocycles. The number of aromatic nitrogens is 4. The van der Waals surface area contributed by atoms with Crippen molar-refractivity contribution >= 4 is 21.5 Å². The fourth-order valence-electron chi connectivity index (χ4n) is 3.43. The van der Waals surface area contributed by atoms with Crippen LogP contribution in [0.2, 0.25) is 0 Å². The zero-order valence-corrected chi connectivity index (χ0v) is 17.1. The molecule has 0 radical (unpaired) electrons. The molecule has 9 nitrogen and oxygen atoms in total. The molecule has 3 aromatic rings. The normalized spacial score (nSPS) is 20.6. The number of pyridine rings is 1. The number of anilines is 1. The average Bonchev–Trinajstić information content (AvgIpc) is 3.01. The van der Waals surface area contributed by atoms with Crippen molar-refractivity contribution in [3.63, 3.8) is 0 Å². The van der Waals surface area contributed by atoms with E-state index in [-0.39, 0.29) is 30.2 Å². The Bertz CT molecular complexity index is 1220. The highest BCUT2D eigenvalue weighted by atomic mass is 32.2. The second kappa shape index (κ2) is 7.52. The Kier molecular flexibility index (Phi) is 5.16. The van der Waals surface area contributed by atoms with Crippen molar-refractivity contribution in [1.82, 2.24) is 23.9 Å². The van der Waals surface area contributed by atoms with Crippen molar-refractivity contribution < 1.29 is 22.3 Å². The van der Waals surface area contributed by atoms with Gasteiger partial charge in [-0.3, -0.25) is 0 Å². The monoisotopic (exact) mass is 438 g/mol. The van der Waals surface area contributed by atoms with Gasteiger partial charge < -0.3 is 10.4 Å². The fraction of sp³-hybridized carbons (Fsp3) is 0.389. The number of hydrogen-bond donors (Lipinski definition) is 2. The number of aliphatic hydroxyl groups excluding tert-OH is 1. The number of hydrogen-bond acceptors (Lipinski definition) is 7. The number of fused-ring (bicyclic) bond motifs is 1. The average molecular weight is 438 g/mol. The molecule has 1 fully saturated rings. The summed E-state index contributed by atoms with van der Waals surface area (Å²) in [6.45, 7) is 1.72. The number of halogens is 2. The molecule has 0 bridgehead atoms. The first-order chi connectivity index (χ1) is 14.1. The number of piperidine rings is 1. The van der Waals surface area contributed by atoms with Crippen molar-refractivity contribution in [3.8, 4) is 11.4 Å². The Morgan fingerprint density at radius 1 is 1.27 bits per heavy atom. The Hall–Kier alpha value is -2.70. The zero-order chi connectivity index (χ0) is 21.6. The van der Waals surface area contributed by atoms with Gasteiger partial charge in [-0.1, -0.05) is 0 Å². The lowest BCUT2D eigenvalue weighted by Crippen LogP contribution is -2.51. The van der Waals surface area contributed by atoms with Gasteiger partial charge in [-0.05, 0) is 25.5 Å². The van der Waals surface area contributed by atoms with E-state index >= 15 is 0 Å². The van der Waals surface area contributed by atoms with Gasteiger partial charge >= 0.3 is 0 Å². The van der Waals surface area contributed by atoms with Crippen LogP contribution in [0, 0.1) is 18.6 Å². The van der Waals surface area contributed by atoms with Gasteiger partial charge in [0.15, 0.2) is 5.82 Å². The summed E-state index contributed by atoms with van der Waals surface area (Å²) in [5.74, 6) is -0.886. The quantitative estimate of drug-likeness (QED) is 0.629. The lowest BCUT2D eigenvalue weighted by Gasteiger charge is -2.34. The van der Waals surface area contributed by atoms with E-state index in [0.717, 1.165) is 6.26 Å². The summed E-state index contributed by atoms with van der Waals surface area (Å²) in [5, 5.41) is 17.6. The molecule has 0 aliphatic carbocycles. The number of nitrogens with one attached hydrogen (secondary N) is 1. The number of rotatable bonds is 4. The van der Waals surface area contributed by atoms with E-state index in [4.69, 9.17) is 0 Å². The summed E-state index contributed by atoms with van der Waals surface area (Å²) in [4.78, 5) is 8.25. The van der Waals surface area contributed by atoms with Crippen molar-refractivity contribution in [1.29, 1.82) is 0 Å². The van der Waals surface area contributed by atoms with Gasteiger partial charge in [-0.2, -0.15) is 4.31 Å². The van der Waals surface area contributed by atoms with E-state index in [1.165, 1.54) is 40.1 Å². The smallest absolute Gasteiger partial charge is 0.241 e. The van der Waals surface area contributed by atoms with Gasteiger partial charge in [-0.15, -0.1) is 5.10 Å². The van der Waals surface area contributed by atoms with E-state index in [2.05, 4.69) is 20.4 Å². The SMILES string of the molecule is Cc1nc(-c2cc(F)c3cnc(N[C@@H]4CCN(S(C)(=O)=O)C[C@H]4O)nn23)ccc1F. The third-order valence-corrected chi connectivity index (χ3v) is 6.35. The molecule has 4 heterocycles. The molecule has 1 saturated heterocycles. The molecule has 3 aromatic heterocycles. The third kappa shape index (κ3) is 3.85. The second-order valence-corrected chi connectivity index (χ2v) is 9.23. The molecule has 2 N–H and O–H groups in total. The molecule has 1 aliphatic heterocycles. The molecule has 0 spiro atoms. The van der Waals surface area contributed by atoms with E-state index in [1.807, 2.05) is 0 Å². The van der Waals surface area contributed by atoms with Crippen molar-refractivity contribution in [2.45, 2.75) is 25.5 Å². The van der Waals surface area contributed by atoms with Gasteiger partial charge in [0.25, 0.3) is 0 Å². The molecule has 4 rings (SSSR count). The minimum absolute atomic E-state index is 0.0408. The predicted molar refractivity (Wildman–Crippen MR) is 105 cm³/mol. The molecular weight excluding hydrogens is 418 g/mol. The summed E-state index contributed by atoms with van der Waals surface area (Å²) < 4.78 is 53.8. The third-order valence-electron chi connectivity index (χ3n) is 5.08. The Balaban J connectivity index is 1.63. The van der Waals surface area contributed by atoms with Gasteiger partial charge in [0.05, 0.1) is 41.7 Å². The highest BCUT2D eigenvalue weighted by Gasteiger charge is 2.32. The van der Waals surface area contributed by atoms with Crippen LogP contribution in [-0.2, 0) is 10.0 Å². The summed E-state index contributed by atoms with van der Waals surface area (Å²) in [5.41, 5.74) is 0.963. The van der Waals surface area contributed by atoms with Gasteiger partial charge in [0.2, 0.25) is 16.0 Å². The molecule has 0 saturated carbocycles. The van der Waals surface area contributed by atoms with E-state index in [1.54, 1.807) is 0 Å². The van der Waals surface area contributed by atoms with Crippen molar-refractivity contribution in [2.24, 2.45) is 0 Å². The van der Waals surface area contributed by atoms with Gasteiger partial charge in [0.1, 0.15) is 11.3 Å². The lowest BCUT2D eigenvalue weighted by atomic mass is 10.0. The number of β-amino-alcohol motifs (C(OH)–C–C–N with tert-alkyl or cyclic N) is 1. The molecule has 160 valence electrons. The van der Waals surface area contributed by atoms with Crippen LogP contribution in [0.4, 0.5) is 14.7 Å². The summed E-state index contributed by atoms with van der Waals surface area (Å²) in [6.07, 6.45) is 1.77. The number of aryl methyl sites for hydroxylation is 1. The van der Waals surface area contributed by atoms with Crippen molar-refractivity contribution in [2.75, 3.05) is 24.7 Å². The van der Waals surface area contributed by atoms with Crippen LogP contribution >= 0.6 is 0 Å². The molecule has 12 heteroatoms. The number of aliphatic hydroxyl groups is 1. The topological polar surface area (TPSA) is 113 Å². The van der Waals surface area contributed by atoms with Crippen LogP contribution in [-0.4, -0.2) is 68.9 Å². The van der Waals surface area contributed by atoms with E-state index in [9.17, 15) is 22.3 Å². The fourth-order valence-corrected chi connectivity index (χ4v) is 4.29. The number of sulfonamides is 1. The number of nitrogens with zero attached hydrogens (tertiary/aromatic N) is 5. The van der Waals surface area contributed by atoms with Crippen molar-refractivity contribution in [3.05, 3.63) is 41.7 Å². The minimum atomic E-state index is -3.39. The first-order valence-corrected chi connectivity index (χ1v) is 11.1. The highest BCUT2D eigenvalue weighted by molar-refractivity contribution is 7.88.